The van der Waals surface area contributed by atoms with E-state index in [2.05, 4.69) is 4.98 Å². The fourth-order valence-electron chi connectivity index (χ4n) is 2.57. The molecule has 0 saturated heterocycles. The molecule has 2 heterocycles. The van der Waals surface area contributed by atoms with Crippen LogP contribution in [0.25, 0.3) is 10.6 Å². The monoisotopic (exact) mass is 362 g/mol. The molecule has 1 aromatic carbocycles. The van der Waals surface area contributed by atoms with Gasteiger partial charge in [0.25, 0.3) is 0 Å². The van der Waals surface area contributed by atoms with Crippen molar-refractivity contribution in [3.8, 4) is 10.6 Å². The van der Waals surface area contributed by atoms with Gasteiger partial charge in [-0.1, -0.05) is 36.4 Å². The van der Waals surface area contributed by atoms with Crippen molar-refractivity contribution in [3.63, 3.8) is 0 Å². The van der Waals surface area contributed by atoms with Crippen LogP contribution in [0.3, 0.4) is 0 Å². The predicted octanol–water partition coefficient (Wildman–Crippen LogP) is 2.72. The maximum atomic E-state index is 12.3. The van der Waals surface area contributed by atoms with Crippen molar-refractivity contribution in [1.29, 1.82) is 0 Å². The van der Waals surface area contributed by atoms with E-state index in [-0.39, 0.29) is 24.0 Å². The van der Waals surface area contributed by atoms with Gasteiger partial charge in [-0.15, -0.1) is 11.3 Å². The molecule has 0 unspecified atom stereocenters. The van der Waals surface area contributed by atoms with E-state index in [0.717, 1.165) is 16.3 Å². The van der Waals surface area contributed by atoms with E-state index in [9.17, 15) is 13.2 Å². The van der Waals surface area contributed by atoms with Gasteiger partial charge in [0.2, 0.25) is 5.91 Å². The lowest BCUT2D eigenvalue weighted by Gasteiger charge is -2.17. The predicted molar refractivity (Wildman–Crippen MR) is 95.1 cm³/mol. The average molecular weight is 362 g/mol. The molecular weight excluding hydrogens is 344 g/mol. The number of sulfone groups is 1. The lowest BCUT2D eigenvalue weighted by molar-refractivity contribution is -0.131. The van der Waals surface area contributed by atoms with Crippen molar-refractivity contribution < 1.29 is 13.2 Å². The van der Waals surface area contributed by atoms with E-state index in [0.29, 0.717) is 6.54 Å². The third-order valence-corrected chi connectivity index (χ3v) is 6.24. The van der Waals surface area contributed by atoms with Crippen LogP contribution in [0.15, 0.2) is 47.2 Å². The number of thiazole rings is 1. The first-order valence-electron chi connectivity index (χ1n) is 7.58. The summed E-state index contributed by atoms with van der Waals surface area (Å²) in [5, 5.41) is 4.08. The van der Waals surface area contributed by atoms with Crippen LogP contribution in [0.5, 0.6) is 0 Å². The third kappa shape index (κ3) is 4.10. The Morgan fingerprint density at radius 2 is 2.08 bits per heavy atom. The standard InChI is InChI=1S/C17H18N2O3S2/c1-19(16(20)9-13-7-8-24(21,22)12-13)10-15-11-23-17(18-15)14-5-3-2-4-6-14/h2-8,11,13H,9-10,12H2,1H3/t13-/m0/s1. The second-order valence-corrected chi connectivity index (χ2v) is 8.67. The zero-order valence-electron chi connectivity index (χ0n) is 13.3. The zero-order chi connectivity index (χ0) is 17.2. The quantitative estimate of drug-likeness (QED) is 0.820. The van der Waals surface area contributed by atoms with Crippen LogP contribution in [-0.4, -0.2) is 37.0 Å². The van der Waals surface area contributed by atoms with Gasteiger partial charge in [0.15, 0.2) is 9.84 Å². The lowest BCUT2D eigenvalue weighted by atomic mass is 10.1. The normalized spacial score (nSPS) is 18.6. The van der Waals surface area contributed by atoms with E-state index in [1.807, 2.05) is 35.7 Å². The smallest absolute Gasteiger partial charge is 0.223 e. The Morgan fingerprint density at radius 1 is 1.33 bits per heavy atom. The minimum absolute atomic E-state index is 0.0292. The fourth-order valence-corrected chi connectivity index (χ4v) is 4.79. The topological polar surface area (TPSA) is 67.3 Å². The Kier molecular flexibility index (Phi) is 4.82. The summed E-state index contributed by atoms with van der Waals surface area (Å²) in [6.45, 7) is 0.422. The summed E-state index contributed by atoms with van der Waals surface area (Å²) in [4.78, 5) is 18.4. The number of allylic oxidation sites excluding steroid dienone is 1. The number of hydrogen-bond donors (Lipinski definition) is 0. The minimum Gasteiger partial charge on any atom is -0.340 e. The fraction of sp³-hybridized carbons (Fsp3) is 0.294. The van der Waals surface area contributed by atoms with Crippen LogP contribution < -0.4 is 0 Å². The van der Waals surface area contributed by atoms with E-state index in [4.69, 9.17) is 0 Å². The number of amides is 1. The molecule has 0 spiro atoms. The van der Waals surface area contributed by atoms with Crippen molar-refractivity contribution in [2.45, 2.75) is 13.0 Å². The zero-order valence-corrected chi connectivity index (χ0v) is 14.9. The number of aromatic nitrogens is 1. The molecule has 0 radical (unpaired) electrons. The summed E-state index contributed by atoms with van der Waals surface area (Å²) in [5.74, 6) is -0.266. The molecule has 3 rings (SSSR count). The van der Waals surface area contributed by atoms with E-state index in [1.54, 1.807) is 29.4 Å². The molecule has 0 aliphatic carbocycles. The number of carbonyl (C=O) groups is 1. The van der Waals surface area contributed by atoms with Crippen molar-refractivity contribution in [2.75, 3.05) is 12.8 Å². The van der Waals surface area contributed by atoms with E-state index in [1.165, 1.54) is 5.41 Å². The van der Waals surface area contributed by atoms with Crippen LogP contribution in [0.4, 0.5) is 0 Å². The summed E-state index contributed by atoms with van der Waals surface area (Å²) >= 11 is 1.55. The molecule has 1 aromatic heterocycles. The van der Waals surface area contributed by atoms with Gasteiger partial charge >= 0.3 is 0 Å². The summed E-state index contributed by atoms with van der Waals surface area (Å²) in [5.41, 5.74) is 1.90. The first-order valence-corrected chi connectivity index (χ1v) is 10.2. The van der Waals surface area contributed by atoms with Crippen molar-refractivity contribution in [1.82, 2.24) is 9.88 Å². The Hall–Kier alpha value is -1.99. The minimum atomic E-state index is -3.11. The molecule has 0 saturated carbocycles. The highest BCUT2D eigenvalue weighted by Gasteiger charge is 2.25. The first-order chi connectivity index (χ1) is 11.4. The maximum absolute atomic E-state index is 12.3. The van der Waals surface area contributed by atoms with Crippen molar-refractivity contribution >= 4 is 27.1 Å². The number of rotatable bonds is 5. The number of nitrogens with zero attached hydrogens (tertiary/aromatic N) is 2. The average Bonchev–Trinajstić information content (AvgIpc) is 3.14. The van der Waals surface area contributed by atoms with E-state index >= 15 is 0 Å². The largest absolute Gasteiger partial charge is 0.340 e. The van der Waals surface area contributed by atoms with Gasteiger partial charge in [0.1, 0.15) is 5.01 Å². The molecule has 1 aliphatic rings. The van der Waals surface area contributed by atoms with Crippen LogP contribution >= 0.6 is 11.3 Å². The maximum Gasteiger partial charge on any atom is 0.223 e. The van der Waals surface area contributed by atoms with Crippen LogP contribution in [-0.2, 0) is 21.2 Å². The Labute approximate surface area is 145 Å². The van der Waals surface area contributed by atoms with Gasteiger partial charge in [-0.2, -0.15) is 0 Å². The number of hydrogen-bond acceptors (Lipinski definition) is 5. The van der Waals surface area contributed by atoms with Gasteiger partial charge < -0.3 is 4.90 Å². The van der Waals surface area contributed by atoms with E-state index < -0.39 is 9.84 Å². The van der Waals surface area contributed by atoms with Crippen LogP contribution in [0.1, 0.15) is 12.1 Å². The van der Waals surface area contributed by atoms with Gasteiger partial charge in [0, 0.05) is 35.7 Å². The molecule has 24 heavy (non-hydrogen) atoms. The second kappa shape index (κ2) is 6.86. The van der Waals surface area contributed by atoms with Crippen LogP contribution in [0.2, 0.25) is 0 Å². The van der Waals surface area contributed by atoms with Crippen molar-refractivity contribution in [3.05, 3.63) is 52.9 Å². The lowest BCUT2D eigenvalue weighted by Crippen LogP contribution is -2.28. The Bertz CT molecular complexity index is 857. The van der Waals surface area contributed by atoms with Gasteiger partial charge in [-0.05, 0) is 0 Å². The molecule has 126 valence electrons. The SMILES string of the molecule is CN(Cc1csc(-c2ccccc2)n1)C(=O)C[C@@H]1C=CS(=O)(=O)C1. The number of carbonyl (C=O) groups excluding carboxylic acids is 1. The molecule has 0 fully saturated rings. The summed E-state index contributed by atoms with van der Waals surface area (Å²) in [6.07, 6.45) is 1.82. The molecule has 0 N–H and O–H groups in total. The highest BCUT2D eigenvalue weighted by molar-refractivity contribution is 7.94. The highest BCUT2D eigenvalue weighted by atomic mass is 32.2. The van der Waals surface area contributed by atoms with Crippen molar-refractivity contribution in [2.24, 2.45) is 5.92 Å². The van der Waals surface area contributed by atoms with Gasteiger partial charge in [-0.25, -0.2) is 13.4 Å². The van der Waals surface area contributed by atoms with Gasteiger partial charge in [0.05, 0.1) is 18.0 Å². The Balaban J connectivity index is 1.59. The summed E-state index contributed by atoms with van der Waals surface area (Å²) < 4.78 is 22.8. The molecule has 2 aromatic rings. The second-order valence-electron chi connectivity index (χ2n) is 5.88. The number of benzene rings is 1. The first kappa shape index (κ1) is 16.9. The molecular formula is C17H18N2O3S2. The molecule has 5 nitrogen and oxygen atoms in total. The molecule has 7 heteroatoms. The van der Waals surface area contributed by atoms with Crippen LogP contribution in [0, 0.1) is 5.92 Å². The summed E-state index contributed by atoms with van der Waals surface area (Å²) in [6, 6.07) is 9.90. The summed E-state index contributed by atoms with van der Waals surface area (Å²) in [7, 11) is -1.40. The van der Waals surface area contributed by atoms with Gasteiger partial charge in [-0.3, -0.25) is 4.79 Å². The molecule has 1 atom stereocenters. The Morgan fingerprint density at radius 3 is 2.75 bits per heavy atom. The highest BCUT2D eigenvalue weighted by Crippen LogP contribution is 2.24. The third-order valence-electron chi connectivity index (χ3n) is 3.84. The molecule has 0 bridgehead atoms. The molecule has 1 amide bonds. The molecule has 1 aliphatic heterocycles.